The predicted octanol–water partition coefficient (Wildman–Crippen LogP) is -0.665. The first-order valence-electron chi connectivity index (χ1n) is 6.01. The minimum atomic E-state index is 0.0428. The molecule has 1 heterocycles. The molecule has 90 valence electrons. The van der Waals surface area contributed by atoms with Gasteiger partial charge in [-0.3, -0.25) is 9.59 Å². The number of rotatable bonds is 4. The number of amides is 2. The van der Waals surface area contributed by atoms with Crippen LogP contribution in [0, 0.1) is 5.92 Å². The van der Waals surface area contributed by atoms with Crippen LogP contribution in [0.5, 0.6) is 0 Å². The SMILES string of the molecule is O=C1CCN(C(=O)CNCC2CC2)CCN1. The zero-order valence-corrected chi connectivity index (χ0v) is 9.50. The van der Waals surface area contributed by atoms with Crippen molar-refractivity contribution in [3.05, 3.63) is 0 Å². The van der Waals surface area contributed by atoms with E-state index in [0.29, 0.717) is 32.6 Å². The van der Waals surface area contributed by atoms with Gasteiger partial charge in [0.15, 0.2) is 0 Å². The molecule has 0 atom stereocenters. The Morgan fingerprint density at radius 2 is 2.25 bits per heavy atom. The average molecular weight is 225 g/mol. The Morgan fingerprint density at radius 1 is 1.44 bits per heavy atom. The first-order chi connectivity index (χ1) is 7.75. The van der Waals surface area contributed by atoms with Crippen LogP contribution in [-0.2, 0) is 9.59 Å². The first-order valence-corrected chi connectivity index (χ1v) is 6.01. The van der Waals surface area contributed by atoms with Crippen molar-refractivity contribution in [3.8, 4) is 0 Å². The molecule has 5 nitrogen and oxygen atoms in total. The molecule has 1 saturated carbocycles. The number of carbonyl (C=O) groups is 2. The molecule has 2 rings (SSSR count). The van der Waals surface area contributed by atoms with Crippen molar-refractivity contribution in [2.75, 3.05) is 32.7 Å². The van der Waals surface area contributed by atoms with Crippen LogP contribution in [0.3, 0.4) is 0 Å². The summed E-state index contributed by atoms with van der Waals surface area (Å²) in [6, 6.07) is 0. The molecule has 5 heteroatoms. The normalized spacial score (nSPS) is 21.5. The first kappa shape index (κ1) is 11.4. The van der Waals surface area contributed by atoms with E-state index in [0.717, 1.165) is 12.5 Å². The van der Waals surface area contributed by atoms with E-state index in [2.05, 4.69) is 10.6 Å². The quantitative estimate of drug-likeness (QED) is 0.667. The van der Waals surface area contributed by atoms with Gasteiger partial charge in [0.25, 0.3) is 0 Å². The van der Waals surface area contributed by atoms with Crippen LogP contribution >= 0.6 is 0 Å². The molecular formula is C11H19N3O2. The molecule has 0 spiro atoms. The highest BCUT2D eigenvalue weighted by Crippen LogP contribution is 2.27. The van der Waals surface area contributed by atoms with Gasteiger partial charge in [-0.2, -0.15) is 0 Å². The molecule has 0 bridgehead atoms. The van der Waals surface area contributed by atoms with E-state index in [1.807, 2.05) is 0 Å². The maximum absolute atomic E-state index is 11.8. The van der Waals surface area contributed by atoms with Crippen molar-refractivity contribution in [1.82, 2.24) is 15.5 Å². The summed E-state index contributed by atoms with van der Waals surface area (Å²) in [6.07, 6.45) is 3.01. The highest BCUT2D eigenvalue weighted by molar-refractivity contribution is 5.81. The second-order valence-corrected chi connectivity index (χ2v) is 4.56. The van der Waals surface area contributed by atoms with E-state index in [1.54, 1.807) is 4.90 Å². The summed E-state index contributed by atoms with van der Waals surface area (Å²) >= 11 is 0. The van der Waals surface area contributed by atoms with Gasteiger partial charge in [-0.05, 0) is 25.3 Å². The lowest BCUT2D eigenvalue weighted by molar-refractivity contribution is -0.130. The summed E-state index contributed by atoms with van der Waals surface area (Å²) in [5, 5.41) is 5.94. The Bertz CT molecular complexity index is 276. The van der Waals surface area contributed by atoms with E-state index in [1.165, 1.54) is 12.8 Å². The molecule has 0 aromatic heterocycles. The lowest BCUT2D eigenvalue weighted by Crippen LogP contribution is -2.40. The van der Waals surface area contributed by atoms with Gasteiger partial charge < -0.3 is 15.5 Å². The van der Waals surface area contributed by atoms with Crippen molar-refractivity contribution in [1.29, 1.82) is 0 Å². The lowest BCUT2D eigenvalue weighted by atomic mass is 10.3. The van der Waals surface area contributed by atoms with Crippen molar-refractivity contribution >= 4 is 11.8 Å². The molecular weight excluding hydrogens is 206 g/mol. The van der Waals surface area contributed by atoms with E-state index in [-0.39, 0.29) is 11.8 Å². The zero-order chi connectivity index (χ0) is 11.4. The van der Waals surface area contributed by atoms with Gasteiger partial charge in [-0.15, -0.1) is 0 Å². The molecule has 0 aromatic rings. The largest absolute Gasteiger partial charge is 0.354 e. The molecule has 2 aliphatic rings. The lowest BCUT2D eigenvalue weighted by Gasteiger charge is -2.19. The summed E-state index contributed by atoms with van der Waals surface area (Å²) < 4.78 is 0. The summed E-state index contributed by atoms with van der Waals surface area (Å²) in [5.74, 6) is 0.943. The monoisotopic (exact) mass is 225 g/mol. The van der Waals surface area contributed by atoms with Gasteiger partial charge in [-0.25, -0.2) is 0 Å². The number of hydrogen-bond donors (Lipinski definition) is 2. The van der Waals surface area contributed by atoms with Gasteiger partial charge in [0.05, 0.1) is 6.54 Å². The molecule has 1 saturated heterocycles. The van der Waals surface area contributed by atoms with Gasteiger partial charge >= 0.3 is 0 Å². The molecule has 0 radical (unpaired) electrons. The topological polar surface area (TPSA) is 61.4 Å². The Morgan fingerprint density at radius 3 is 3.00 bits per heavy atom. The van der Waals surface area contributed by atoms with E-state index in [9.17, 15) is 9.59 Å². The standard InChI is InChI=1S/C11H19N3O2/c15-10-3-5-14(6-4-13-10)11(16)8-12-7-9-1-2-9/h9,12H,1-8H2,(H,13,15). The molecule has 16 heavy (non-hydrogen) atoms. The predicted molar refractivity (Wildman–Crippen MR) is 59.8 cm³/mol. The second-order valence-electron chi connectivity index (χ2n) is 4.56. The van der Waals surface area contributed by atoms with Crippen LogP contribution in [0.4, 0.5) is 0 Å². The van der Waals surface area contributed by atoms with Crippen molar-refractivity contribution in [2.24, 2.45) is 5.92 Å². The molecule has 2 N–H and O–H groups in total. The summed E-state index contributed by atoms with van der Waals surface area (Å²) in [6.45, 7) is 3.13. The maximum Gasteiger partial charge on any atom is 0.236 e. The molecule has 1 aliphatic heterocycles. The van der Waals surface area contributed by atoms with E-state index < -0.39 is 0 Å². The highest BCUT2D eigenvalue weighted by atomic mass is 16.2. The third kappa shape index (κ3) is 3.48. The van der Waals surface area contributed by atoms with Gasteiger partial charge in [0, 0.05) is 26.1 Å². The van der Waals surface area contributed by atoms with Gasteiger partial charge in [0.1, 0.15) is 0 Å². The molecule has 0 aromatic carbocycles. The fourth-order valence-electron chi connectivity index (χ4n) is 1.83. The van der Waals surface area contributed by atoms with Crippen molar-refractivity contribution in [2.45, 2.75) is 19.3 Å². The van der Waals surface area contributed by atoms with Gasteiger partial charge in [-0.1, -0.05) is 0 Å². The van der Waals surface area contributed by atoms with E-state index >= 15 is 0 Å². The second kappa shape index (κ2) is 5.30. The zero-order valence-electron chi connectivity index (χ0n) is 9.50. The van der Waals surface area contributed by atoms with Crippen molar-refractivity contribution in [3.63, 3.8) is 0 Å². The van der Waals surface area contributed by atoms with E-state index in [4.69, 9.17) is 0 Å². The van der Waals surface area contributed by atoms with Crippen LogP contribution in [0.15, 0.2) is 0 Å². The fourth-order valence-corrected chi connectivity index (χ4v) is 1.83. The minimum absolute atomic E-state index is 0.0428. The van der Waals surface area contributed by atoms with Gasteiger partial charge in [0.2, 0.25) is 11.8 Å². The Kier molecular flexibility index (Phi) is 3.77. The molecule has 2 fully saturated rings. The number of nitrogens with one attached hydrogen (secondary N) is 2. The van der Waals surface area contributed by atoms with Crippen LogP contribution in [0.25, 0.3) is 0 Å². The van der Waals surface area contributed by atoms with Crippen LogP contribution in [-0.4, -0.2) is 49.4 Å². The highest BCUT2D eigenvalue weighted by Gasteiger charge is 2.22. The third-order valence-electron chi connectivity index (χ3n) is 3.07. The smallest absolute Gasteiger partial charge is 0.236 e. The van der Waals surface area contributed by atoms with Crippen LogP contribution < -0.4 is 10.6 Å². The number of hydrogen-bond acceptors (Lipinski definition) is 3. The Labute approximate surface area is 95.6 Å². The molecule has 1 aliphatic carbocycles. The van der Waals surface area contributed by atoms with Crippen molar-refractivity contribution < 1.29 is 9.59 Å². The van der Waals surface area contributed by atoms with Crippen LogP contribution in [0.1, 0.15) is 19.3 Å². The summed E-state index contributed by atoms with van der Waals surface area (Å²) in [5.41, 5.74) is 0. The molecule has 2 amide bonds. The number of carbonyl (C=O) groups excluding carboxylic acids is 2. The Balaban J connectivity index is 1.67. The minimum Gasteiger partial charge on any atom is -0.354 e. The van der Waals surface area contributed by atoms with Crippen LogP contribution in [0.2, 0.25) is 0 Å². The molecule has 0 unspecified atom stereocenters. The Hall–Kier alpha value is -1.10. The number of nitrogens with zero attached hydrogens (tertiary/aromatic N) is 1. The summed E-state index contributed by atoms with van der Waals surface area (Å²) in [4.78, 5) is 24.6. The third-order valence-corrected chi connectivity index (χ3v) is 3.07. The maximum atomic E-state index is 11.8. The summed E-state index contributed by atoms with van der Waals surface area (Å²) in [7, 11) is 0. The fraction of sp³-hybridized carbons (Fsp3) is 0.818. The average Bonchev–Trinajstić information content (AvgIpc) is 3.06.